The first-order valence-electron chi connectivity index (χ1n) is 12.7. The van der Waals surface area contributed by atoms with Gasteiger partial charge in [0, 0.05) is 0 Å². The van der Waals surface area contributed by atoms with Crippen molar-refractivity contribution in [2.45, 2.75) is 170 Å². The highest BCUT2D eigenvalue weighted by molar-refractivity contribution is 4.52. The quantitative estimate of drug-likeness (QED) is 0.277. The Balaban J connectivity index is -0.000000346. The van der Waals surface area contributed by atoms with E-state index >= 15 is 0 Å². The maximum Gasteiger partial charge on any atom is -0.0445 e. The van der Waals surface area contributed by atoms with E-state index in [-0.39, 0.29) is 7.43 Å². The van der Waals surface area contributed by atoms with Gasteiger partial charge in [-0.1, -0.05) is 170 Å². The Morgan fingerprint density at radius 2 is 0.778 bits per heavy atom. The van der Waals surface area contributed by atoms with Crippen molar-refractivity contribution in [2.75, 3.05) is 0 Å². The fourth-order valence-electron chi connectivity index (χ4n) is 3.39. The van der Waals surface area contributed by atoms with Crippen molar-refractivity contribution in [1.82, 2.24) is 0 Å². The highest BCUT2D eigenvalue weighted by Gasteiger charge is 1.97. The zero-order valence-corrected chi connectivity index (χ0v) is 19.7. The molecule has 1 aliphatic rings. The number of hydrogen-bond acceptors (Lipinski definition) is 0. The van der Waals surface area contributed by atoms with Crippen LogP contribution in [0.5, 0.6) is 0 Å². The predicted molar refractivity (Wildman–Crippen MR) is 131 cm³/mol. The van der Waals surface area contributed by atoms with Crippen LogP contribution in [0.1, 0.15) is 170 Å². The van der Waals surface area contributed by atoms with Crippen molar-refractivity contribution < 1.29 is 0 Å². The van der Waals surface area contributed by atoms with Gasteiger partial charge in [-0.2, -0.15) is 0 Å². The minimum Gasteiger partial charge on any atom is -0.0776 e. The van der Waals surface area contributed by atoms with Crippen LogP contribution in [0.25, 0.3) is 0 Å². The molecule has 1 rings (SSSR count). The third-order valence-corrected chi connectivity index (χ3v) is 5.70. The van der Waals surface area contributed by atoms with Crippen molar-refractivity contribution >= 4 is 0 Å². The lowest BCUT2D eigenvalue weighted by molar-refractivity contribution is 0.471. The average molecular weight is 385 g/mol. The third kappa shape index (κ3) is 34.0. The molecule has 1 fully saturated rings. The SMILES string of the molecule is C.C1CCCCC1.CCCCCCC.CCCCCCCCCC(C)CC. The summed E-state index contributed by atoms with van der Waals surface area (Å²) in [7, 11) is 0. The number of hydrogen-bond donors (Lipinski definition) is 0. The molecule has 0 amide bonds. The number of unbranched alkanes of at least 4 members (excludes halogenated alkanes) is 10. The Hall–Kier alpha value is 0. The monoisotopic (exact) mass is 384 g/mol. The standard InChI is InChI=1S/C13H28.C7H16.C6H12.CH4/c1-4-6-7-8-9-10-11-12-13(3)5-2;1-3-5-7-6-4-2;1-2-4-6-5-3-1;/h13H,4-12H2,1-3H3;3-7H2,1-2H3;1-6H2;1H4. The second kappa shape index (κ2) is 30.7. The highest BCUT2D eigenvalue weighted by Crippen LogP contribution is 2.15. The van der Waals surface area contributed by atoms with E-state index < -0.39 is 0 Å². The molecule has 0 aromatic rings. The average Bonchev–Trinajstić information content (AvgIpc) is 2.70. The molecular formula is C27H60. The fraction of sp³-hybridized carbons (Fsp3) is 1.00. The van der Waals surface area contributed by atoms with Gasteiger partial charge in [-0.25, -0.2) is 0 Å². The lowest BCUT2D eigenvalue weighted by Gasteiger charge is -2.07. The van der Waals surface area contributed by atoms with E-state index in [9.17, 15) is 0 Å². The second-order valence-electron chi connectivity index (χ2n) is 8.61. The van der Waals surface area contributed by atoms with E-state index in [4.69, 9.17) is 0 Å². The highest BCUT2D eigenvalue weighted by atomic mass is 14.0. The summed E-state index contributed by atoms with van der Waals surface area (Å²) in [5.74, 6) is 0.954. The van der Waals surface area contributed by atoms with Crippen LogP contribution in [0.15, 0.2) is 0 Å². The van der Waals surface area contributed by atoms with Gasteiger partial charge in [0.2, 0.25) is 0 Å². The Bertz CT molecular complexity index is 189. The maximum absolute atomic E-state index is 2.37. The van der Waals surface area contributed by atoms with E-state index in [0.717, 1.165) is 5.92 Å². The molecule has 0 spiro atoms. The van der Waals surface area contributed by atoms with Gasteiger partial charge in [0.1, 0.15) is 0 Å². The first kappa shape index (κ1) is 31.7. The van der Waals surface area contributed by atoms with Crippen molar-refractivity contribution in [2.24, 2.45) is 5.92 Å². The minimum absolute atomic E-state index is 0. The molecule has 0 heterocycles. The molecule has 0 radical (unpaired) electrons. The van der Waals surface area contributed by atoms with E-state index in [1.54, 1.807) is 0 Å². The smallest absolute Gasteiger partial charge is 0.0445 e. The lowest BCUT2D eigenvalue weighted by atomic mass is 10.00. The van der Waals surface area contributed by atoms with Crippen molar-refractivity contribution in [3.8, 4) is 0 Å². The van der Waals surface area contributed by atoms with Crippen LogP contribution in [-0.2, 0) is 0 Å². The summed E-state index contributed by atoms with van der Waals surface area (Å²) in [6.07, 6.45) is 28.9. The number of rotatable bonds is 13. The summed E-state index contributed by atoms with van der Waals surface area (Å²) in [6.45, 7) is 11.4. The molecule has 0 aliphatic heterocycles. The lowest BCUT2D eigenvalue weighted by Crippen LogP contribution is -1.91. The van der Waals surface area contributed by atoms with Gasteiger partial charge in [-0.3, -0.25) is 0 Å². The molecule has 27 heavy (non-hydrogen) atoms. The molecule has 0 nitrogen and oxygen atoms in total. The Kier molecular flexibility index (Phi) is 36.1. The molecule has 0 aromatic carbocycles. The van der Waals surface area contributed by atoms with Crippen LogP contribution >= 0.6 is 0 Å². The largest absolute Gasteiger partial charge is 0.0776 e. The van der Waals surface area contributed by atoms with Crippen LogP contribution in [0.4, 0.5) is 0 Å². The van der Waals surface area contributed by atoms with Crippen LogP contribution in [0.2, 0.25) is 0 Å². The molecule has 0 saturated heterocycles. The molecule has 0 bridgehead atoms. The Labute approximate surface area is 176 Å². The molecule has 0 N–H and O–H groups in total. The van der Waals surface area contributed by atoms with Gasteiger partial charge in [-0.15, -0.1) is 0 Å². The zero-order chi connectivity index (χ0) is 19.7. The van der Waals surface area contributed by atoms with Crippen LogP contribution in [-0.4, -0.2) is 0 Å². The topological polar surface area (TPSA) is 0 Å². The third-order valence-electron chi connectivity index (χ3n) is 5.70. The van der Waals surface area contributed by atoms with Gasteiger partial charge < -0.3 is 0 Å². The van der Waals surface area contributed by atoms with Crippen molar-refractivity contribution in [1.29, 1.82) is 0 Å². The minimum atomic E-state index is 0. The first-order chi connectivity index (χ1) is 12.7. The normalized spacial score (nSPS) is 14.1. The zero-order valence-electron chi connectivity index (χ0n) is 19.7. The Morgan fingerprint density at radius 1 is 0.481 bits per heavy atom. The first-order valence-corrected chi connectivity index (χ1v) is 12.7. The van der Waals surface area contributed by atoms with E-state index in [0.29, 0.717) is 0 Å². The van der Waals surface area contributed by atoms with E-state index in [2.05, 4.69) is 34.6 Å². The summed E-state index contributed by atoms with van der Waals surface area (Å²) in [5.41, 5.74) is 0. The van der Waals surface area contributed by atoms with Gasteiger partial charge >= 0.3 is 0 Å². The van der Waals surface area contributed by atoms with E-state index in [1.165, 1.54) is 128 Å². The van der Waals surface area contributed by atoms with Gasteiger partial charge in [0.15, 0.2) is 0 Å². The summed E-state index contributed by atoms with van der Waals surface area (Å²) < 4.78 is 0. The van der Waals surface area contributed by atoms with Crippen molar-refractivity contribution in [3.05, 3.63) is 0 Å². The van der Waals surface area contributed by atoms with Gasteiger partial charge in [0.25, 0.3) is 0 Å². The van der Waals surface area contributed by atoms with Crippen LogP contribution in [0.3, 0.4) is 0 Å². The molecular weight excluding hydrogens is 324 g/mol. The van der Waals surface area contributed by atoms with Crippen LogP contribution < -0.4 is 0 Å². The Morgan fingerprint density at radius 3 is 1.11 bits per heavy atom. The molecule has 1 aliphatic carbocycles. The summed E-state index contributed by atoms with van der Waals surface area (Å²) in [4.78, 5) is 0. The second-order valence-corrected chi connectivity index (χ2v) is 8.61. The molecule has 168 valence electrons. The molecule has 1 saturated carbocycles. The fourth-order valence-corrected chi connectivity index (χ4v) is 3.39. The predicted octanol–water partition coefficient (Wildman–Crippen LogP) is 11.1. The van der Waals surface area contributed by atoms with Crippen molar-refractivity contribution in [3.63, 3.8) is 0 Å². The summed E-state index contributed by atoms with van der Waals surface area (Å²) in [6, 6.07) is 0. The molecule has 0 aromatic heterocycles. The molecule has 1 atom stereocenters. The van der Waals surface area contributed by atoms with Gasteiger partial charge in [-0.05, 0) is 5.92 Å². The summed E-state index contributed by atoms with van der Waals surface area (Å²) >= 11 is 0. The molecule has 1 unspecified atom stereocenters. The maximum atomic E-state index is 2.37. The van der Waals surface area contributed by atoms with E-state index in [1.807, 2.05) is 0 Å². The molecule has 0 heteroatoms. The van der Waals surface area contributed by atoms with Crippen LogP contribution in [0, 0.1) is 5.92 Å². The summed E-state index contributed by atoms with van der Waals surface area (Å²) in [5, 5.41) is 0. The van der Waals surface area contributed by atoms with Gasteiger partial charge in [0.05, 0.1) is 0 Å².